The van der Waals surface area contributed by atoms with Gasteiger partial charge in [0.25, 0.3) is 0 Å². The first kappa shape index (κ1) is 16.2. The van der Waals surface area contributed by atoms with Gasteiger partial charge in [-0.1, -0.05) is 39.7 Å². The zero-order valence-corrected chi connectivity index (χ0v) is 13.7. The number of nitrogens with one attached hydrogen (secondary N) is 1. The van der Waals surface area contributed by atoms with Crippen molar-refractivity contribution in [1.82, 2.24) is 5.43 Å². The lowest BCUT2D eigenvalue weighted by molar-refractivity contribution is 0.386. The molecule has 0 amide bonds. The third-order valence-corrected chi connectivity index (χ3v) is 4.12. The molecule has 0 spiro atoms. The zero-order valence-electron chi connectivity index (χ0n) is 11.4. The van der Waals surface area contributed by atoms with E-state index in [0.29, 0.717) is 11.4 Å². The van der Waals surface area contributed by atoms with Gasteiger partial charge < -0.3 is 4.74 Å². The molecule has 0 aliphatic rings. The van der Waals surface area contributed by atoms with Gasteiger partial charge in [-0.05, 0) is 41.8 Å². The minimum absolute atomic E-state index is 0.163. The summed E-state index contributed by atoms with van der Waals surface area (Å²) in [6, 6.07) is 10.2. The van der Waals surface area contributed by atoms with Gasteiger partial charge in [0.15, 0.2) is 11.6 Å². The number of benzene rings is 2. The van der Waals surface area contributed by atoms with Gasteiger partial charge in [0.2, 0.25) is 0 Å². The summed E-state index contributed by atoms with van der Waals surface area (Å²) in [6.45, 7) is 0. The maximum absolute atomic E-state index is 13.7. The van der Waals surface area contributed by atoms with Crippen LogP contribution in [0.15, 0.2) is 40.9 Å². The van der Waals surface area contributed by atoms with Crippen molar-refractivity contribution in [1.29, 1.82) is 0 Å². The van der Waals surface area contributed by atoms with E-state index in [-0.39, 0.29) is 17.6 Å². The fourth-order valence-corrected chi connectivity index (χ4v) is 3.07. The second-order valence-electron chi connectivity index (χ2n) is 4.56. The van der Waals surface area contributed by atoms with Gasteiger partial charge in [-0.3, -0.25) is 11.3 Å². The molecule has 0 saturated heterocycles. The summed E-state index contributed by atoms with van der Waals surface area (Å²) in [5.74, 6) is 5.47. The first-order chi connectivity index (χ1) is 10.0. The number of methoxy groups -OCH3 is 1. The summed E-state index contributed by atoms with van der Waals surface area (Å²) in [6.07, 6.45) is 0.539. The molecule has 0 bridgehead atoms. The van der Waals surface area contributed by atoms with Gasteiger partial charge in [0, 0.05) is 9.50 Å². The molecule has 2 aromatic carbocycles. The van der Waals surface area contributed by atoms with Crippen molar-refractivity contribution >= 4 is 27.5 Å². The summed E-state index contributed by atoms with van der Waals surface area (Å²) >= 11 is 9.40. The number of hydrazine groups is 1. The van der Waals surface area contributed by atoms with E-state index in [2.05, 4.69) is 21.4 Å². The van der Waals surface area contributed by atoms with Crippen LogP contribution in [-0.2, 0) is 6.42 Å². The molecular weight excluding hydrogens is 359 g/mol. The van der Waals surface area contributed by atoms with Crippen molar-refractivity contribution in [3.63, 3.8) is 0 Å². The monoisotopic (exact) mass is 372 g/mol. The largest absolute Gasteiger partial charge is 0.494 e. The Morgan fingerprint density at radius 1 is 1.33 bits per heavy atom. The molecule has 0 radical (unpaired) electrons. The van der Waals surface area contributed by atoms with Gasteiger partial charge in [-0.2, -0.15) is 0 Å². The average molecular weight is 374 g/mol. The first-order valence-electron chi connectivity index (χ1n) is 6.28. The number of rotatable bonds is 5. The fraction of sp³-hybridized carbons (Fsp3) is 0.200. The van der Waals surface area contributed by atoms with Crippen LogP contribution in [0.25, 0.3) is 0 Å². The third-order valence-electron chi connectivity index (χ3n) is 3.20. The molecule has 1 atom stereocenters. The van der Waals surface area contributed by atoms with Crippen LogP contribution in [0.2, 0.25) is 5.02 Å². The molecule has 0 fully saturated rings. The molecule has 1 unspecified atom stereocenters. The Morgan fingerprint density at radius 2 is 2.10 bits per heavy atom. The van der Waals surface area contributed by atoms with Crippen molar-refractivity contribution in [3.05, 3.63) is 62.8 Å². The molecule has 0 saturated carbocycles. The number of halogens is 3. The maximum atomic E-state index is 13.7. The van der Waals surface area contributed by atoms with Gasteiger partial charge in [-0.25, -0.2) is 4.39 Å². The summed E-state index contributed by atoms with van der Waals surface area (Å²) in [7, 11) is 1.44. The van der Waals surface area contributed by atoms with Crippen molar-refractivity contribution in [3.8, 4) is 5.75 Å². The van der Waals surface area contributed by atoms with Crippen LogP contribution in [0.3, 0.4) is 0 Å². The molecule has 112 valence electrons. The zero-order chi connectivity index (χ0) is 15.4. The standard InChI is InChI=1S/C15H15BrClFN2O/c1-21-15-5-2-9(6-13(15)18)7-14(20-19)11-4-3-10(17)8-12(11)16/h2-6,8,14,20H,7,19H2,1H3. The topological polar surface area (TPSA) is 47.3 Å². The van der Waals surface area contributed by atoms with E-state index in [1.165, 1.54) is 13.2 Å². The van der Waals surface area contributed by atoms with Crippen LogP contribution >= 0.6 is 27.5 Å². The quantitative estimate of drug-likeness (QED) is 0.615. The van der Waals surface area contributed by atoms with Crippen LogP contribution in [0, 0.1) is 5.82 Å². The highest BCUT2D eigenvalue weighted by molar-refractivity contribution is 9.10. The Hall–Kier alpha value is -1.14. The van der Waals surface area contributed by atoms with Gasteiger partial charge in [0.1, 0.15) is 0 Å². The van der Waals surface area contributed by atoms with Crippen LogP contribution in [-0.4, -0.2) is 7.11 Å². The minimum Gasteiger partial charge on any atom is -0.494 e. The Morgan fingerprint density at radius 3 is 2.67 bits per heavy atom. The fourth-order valence-electron chi connectivity index (χ4n) is 2.12. The maximum Gasteiger partial charge on any atom is 0.165 e. The van der Waals surface area contributed by atoms with E-state index in [1.807, 2.05) is 12.1 Å². The lowest BCUT2D eigenvalue weighted by Crippen LogP contribution is -2.29. The van der Waals surface area contributed by atoms with Crippen molar-refractivity contribution in [2.45, 2.75) is 12.5 Å². The lowest BCUT2D eigenvalue weighted by atomic mass is 9.99. The van der Waals surface area contributed by atoms with Crippen molar-refractivity contribution in [2.75, 3.05) is 7.11 Å². The van der Waals surface area contributed by atoms with Gasteiger partial charge >= 0.3 is 0 Å². The summed E-state index contributed by atoms with van der Waals surface area (Å²) in [5, 5.41) is 0.636. The van der Waals surface area contributed by atoms with Gasteiger partial charge in [0.05, 0.1) is 13.2 Å². The smallest absolute Gasteiger partial charge is 0.165 e. The molecular formula is C15H15BrClFN2O. The van der Waals surface area contributed by atoms with E-state index in [9.17, 15) is 4.39 Å². The van der Waals surface area contributed by atoms with Crippen LogP contribution in [0.5, 0.6) is 5.75 Å². The first-order valence-corrected chi connectivity index (χ1v) is 7.45. The predicted octanol–water partition coefficient (Wildman–Crippen LogP) is 4.00. The van der Waals surface area contributed by atoms with E-state index >= 15 is 0 Å². The highest BCUT2D eigenvalue weighted by Gasteiger charge is 2.15. The summed E-state index contributed by atoms with van der Waals surface area (Å²) < 4.78 is 19.5. The molecule has 2 rings (SSSR count). The van der Waals surface area contributed by atoms with Crippen LogP contribution in [0.1, 0.15) is 17.2 Å². The number of hydrogen-bond acceptors (Lipinski definition) is 3. The van der Waals surface area contributed by atoms with E-state index in [4.69, 9.17) is 22.2 Å². The number of ether oxygens (including phenoxy) is 1. The molecule has 0 heterocycles. The normalized spacial score (nSPS) is 12.2. The molecule has 6 heteroatoms. The second-order valence-corrected chi connectivity index (χ2v) is 5.85. The van der Waals surface area contributed by atoms with E-state index in [0.717, 1.165) is 15.6 Å². The SMILES string of the molecule is COc1ccc(CC(NN)c2ccc(Cl)cc2Br)cc1F. The predicted molar refractivity (Wildman–Crippen MR) is 85.9 cm³/mol. The number of hydrogen-bond donors (Lipinski definition) is 2. The van der Waals surface area contributed by atoms with Gasteiger partial charge in [-0.15, -0.1) is 0 Å². The van der Waals surface area contributed by atoms with Crippen LogP contribution in [0.4, 0.5) is 4.39 Å². The average Bonchev–Trinajstić information content (AvgIpc) is 2.45. The highest BCUT2D eigenvalue weighted by Crippen LogP contribution is 2.29. The molecule has 21 heavy (non-hydrogen) atoms. The van der Waals surface area contributed by atoms with E-state index < -0.39 is 0 Å². The lowest BCUT2D eigenvalue weighted by Gasteiger charge is -2.18. The molecule has 3 nitrogen and oxygen atoms in total. The minimum atomic E-state index is -0.388. The third kappa shape index (κ3) is 3.95. The van der Waals surface area contributed by atoms with Crippen molar-refractivity contribution in [2.24, 2.45) is 5.84 Å². The second kappa shape index (κ2) is 7.22. The Balaban J connectivity index is 2.24. The molecule has 0 aromatic heterocycles. The Kier molecular flexibility index (Phi) is 5.58. The molecule has 2 aromatic rings. The summed E-state index contributed by atoms with van der Waals surface area (Å²) in [4.78, 5) is 0. The molecule has 0 aliphatic heterocycles. The van der Waals surface area contributed by atoms with Crippen molar-refractivity contribution < 1.29 is 9.13 Å². The molecule has 3 N–H and O–H groups in total. The molecule has 0 aliphatic carbocycles. The number of nitrogens with two attached hydrogens (primary N) is 1. The Labute approximate surface area is 136 Å². The summed E-state index contributed by atoms with van der Waals surface area (Å²) in [5.41, 5.74) is 4.52. The van der Waals surface area contributed by atoms with E-state index in [1.54, 1.807) is 18.2 Å². The van der Waals surface area contributed by atoms with Crippen LogP contribution < -0.4 is 16.0 Å². The highest BCUT2D eigenvalue weighted by atomic mass is 79.9. The Bertz CT molecular complexity index is 639.